The Morgan fingerprint density at radius 3 is 2.30 bits per heavy atom. The van der Waals surface area contributed by atoms with E-state index in [9.17, 15) is 0 Å². The predicted molar refractivity (Wildman–Crippen MR) is 44.5 cm³/mol. The number of hydrogen-bond donors (Lipinski definition) is 0. The number of hydrogen-bond acceptors (Lipinski definition) is 0. The van der Waals surface area contributed by atoms with Gasteiger partial charge in [0.2, 0.25) is 0 Å². The van der Waals surface area contributed by atoms with Crippen LogP contribution in [-0.4, -0.2) is 37.0 Å². The van der Waals surface area contributed by atoms with Gasteiger partial charge in [-0.25, -0.2) is 0 Å². The average Bonchev–Trinajstić information content (AvgIpc) is 1.64. The molecule has 0 saturated carbocycles. The van der Waals surface area contributed by atoms with E-state index in [-0.39, 0.29) is 17.0 Å². The Hall–Kier alpha value is 0.480. The molecule has 0 heterocycles. The Bertz CT molecular complexity index is 115. The molecular formula is C7H13Br2N. The van der Waals surface area contributed by atoms with Crippen LogP contribution in [-0.2, 0) is 0 Å². The summed E-state index contributed by atoms with van der Waals surface area (Å²) >= 11 is 3.37. The van der Waals surface area contributed by atoms with Crippen molar-refractivity contribution in [2.45, 2.75) is 0 Å². The van der Waals surface area contributed by atoms with E-state index in [4.69, 9.17) is 6.42 Å². The lowest BCUT2D eigenvalue weighted by molar-refractivity contribution is -0.880. The van der Waals surface area contributed by atoms with Crippen molar-refractivity contribution >= 4 is 15.9 Å². The normalized spacial score (nSPS) is 9.80. The Kier molecular flexibility index (Phi) is 8.13. The number of halogens is 2. The summed E-state index contributed by atoms with van der Waals surface area (Å²) in [5.41, 5.74) is 0. The van der Waals surface area contributed by atoms with Crippen molar-refractivity contribution in [2.75, 3.05) is 32.5 Å². The van der Waals surface area contributed by atoms with Crippen LogP contribution in [0.15, 0.2) is 0 Å². The topological polar surface area (TPSA) is 0 Å². The molecule has 0 aromatic heterocycles. The van der Waals surface area contributed by atoms with Crippen LogP contribution < -0.4 is 17.0 Å². The molecule has 0 radical (unpaired) electrons. The zero-order valence-corrected chi connectivity index (χ0v) is 9.57. The molecule has 0 aliphatic rings. The average molecular weight is 271 g/mol. The lowest BCUT2D eigenvalue weighted by atomic mass is 10.4. The van der Waals surface area contributed by atoms with Gasteiger partial charge < -0.3 is 21.5 Å². The van der Waals surface area contributed by atoms with Gasteiger partial charge in [0.15, 0.2) is 0 Å². The number of rotatable bonds is 3. The number of alkyl halides is 1. The maximum atomic E-state index is 5.16. The third-order valence-electron chi connectivity index (χ3n) is 1.21. The van der Waals surface area contributed by atoms with Crippen molar-refractivity contribution in [3.8, 4) is 12.3 Å². The van der Waals surface area contributed by atoms with Crippen LogP contribution in [0.3, 0.4) is 0 Å². The second-order valence-electron chi connectivity index (χ2n) is 2.71. The van der Waals surface area contributed by atoms with Gasteiger partial charge in [-0.3, -0.25) is 0 Å². The summed E-state index contributed by atoms with van der Waals surface area (Å²) in [5.74, 6) is 2.64. The Balaban J connectivity index is 0. The summed E-state index contributed by atoms with van der Waals surface area (Å²) in [7, 11) is 4.25. The van der Waals surface area contributed by atoms with Gasteiger partial charge >= 0.3 is 0 Å². The minimum Gasteiger partial charge on any atom is -1.00 e. The van der Waals surface area contributed by atoms with E-state index in [1.54, 1.807) is 0 Å². The van der Waals surface area contributed by atoms with Gasteiger partial charge in [0.25, 0.3) is 0 Å². The predicted octanol–water partition coefficient (Wildman–Crippen LogP) is -1.91. The van der Waals surface area contributed by atoms with Crippen molar-refractivity contribution < 1.29 is 21.5 Å². The van der Waals surface area contributed by atoms with Gasteiger partial charge in [0, 0.05) is 0 Å². The van der Waals surface area contributed by atoms with Gasteiger partial charge in [-0.05, 0) is 5.92 Å². The van der Waals surface area contributed by atoms with Crippen LogP contribution >= 0.6 is 15.9 Å². The Morgan fingerprint density at radius 1 is 1.50 bits per heavy atom. The number of terminal acetylenes is 1. The minimum absolute atomic E-state index is 0. The molecule has 0 amide bonds. The third-order valence-corrected chi connectivity index (χ3v) is 1.56. The lowest BCUT2D eigenvalue weighted by Crippen LogP contribution is -3.00. The molecule has 0 spiro atoms. The molecule has 3 heteroatoms. The maximum Gasteiger partial charge on any atom is 0.140 e. The fraction of sp³-hybridized carbons (Fsp3) is 0.714. The van der Waals surface area contributed by atoms with Crippen molar-refractivity contribution in [2.24, 2.45) is 0 Å². The van der Waals surface area contributed by atoms with Gasteiger partial charge in [-0.1, -0.05) is 15.9 Å². The molecule has 1 nitrogen and oxygen atoms in total. The van der Waals surface area contributed by atoms with Crippen LogP contribution in [0.25, 0.3) is 0 Å². The molecule has 0 aliphatic heterocycles. The molecule has 0 fully saturated rings. The fourth-order valence-electron chi connectivity index (χ4n) is 0.555. The molecule has 0 N–H and O–H groups in total. The molecule has 0 atom stereocenters. The van der Waals surface area contributed by atoms with E-state index >= 15 is 0 Å². The minimum atomic E-state index is 0. The number of nitrogens with zero attached hydrogens (tertiary/aromatic N) is 1. The van der Waals surface area contributed by atoms with Crippen LogP contribution in [0.2, 0.25) is 0 Å². The summed E-state index contributed by atoms with van der Waals surface area (Å²) < 4.78 is 0.905. The van der Waals surface area contributed by atoms with Crippen molar-refractivity contribution in [3.05, 3.63) is 0 Å². The fourth-order valence-corrected chi connectivity index (χ4v) is 1.52. The van der Waals surface area contributed by atoms with Crippen molar-refractivity contribution in [1.29, 1.82) is 0 Å². The highest BCUT2D eigenvalue weighted by molar-refractivity contribution is 9.09. The summed E-state index contributed by atoms with van der Waals surface area (Å²) in [6, 6.07) is 0. The molecule has 0 bridgehead atoms. The monoisotopic (exact) mass is 269 g/mol. The largest absolute Gasteiger partial charge is 1.00 e. The highest BCUT2D eigenvalue weighted by atomic mass is 79.9. The van der Waals surface area contributed by atoms with E-state index in [2.05, 4.69) is 35.9 Å². The van der Waals surface area contributed by atoms with Gasteiger partial charge in [-0.15, -0.1) is 6.42 Å². The summed E-state index contributed by atoms with van der Waals surface area (Å²) in [5, 5.41) is 1.02. The van der Waals surface area contributed by atoms with Crippen molar-refractivity contribution in [3.63, 3.8) is 0 Å². The molecule has 0 aromatic carbocycles. The lowest BCUT2D eigenvalue weighted by Gasteiger charge is -2.25. The molecule has 60 valence electrons. The molecule has 0 saturated heterocycles. The standard InChI is InChI=1S/C7H13BrN.BrH/c1-4-6-9(2,3)7-5-8;/h1H,5-7H2,2-3H3;1H/q+1;/p-1. The first-order chi connectivity index (χ1) is 4.12. The zero-order valence-electron chi connectivity index (χ0n) is 6.40. The molecular weight excluding hydrogens is 258 g/mol. The van der Waals surface area contributed by atoms with Gasteiger partial charge in [-0.2, -0.15) is 0 Å². The molecule has 0 rings (SSSR count). The van der Waals surface area contributed by atoms with E-state index < -0.39 is 0 Å². The summed E-state index contributed by atoms with van der Waals surface area (Å²) in [6.45, 7) is 1.90. The Labute approximate surface area is 82.3 Å². The highest BCUT2D eigenvalue weighted by Gasteiger charge is 2.10. The second kappa shape index (κ2) is 6.21. The smallest absolute Gasteiger partial charge is 0.140 e. The van der Waals surface area contributed by atoms with E-state index in [1.807, 2.05) is 0 Å². The first kappa shape index (κ1) is 13.1. The zero-order chi connectivity index (χ0) is 7.33. The van der Waals surface area contributed by atoms with Crippen LogP contribution in [0, 0.1) is 12.3 Å². The Morgan fingerprint density at radius 2 is 2.00 bits per heavy atom. The molecule has 0 aromatic rings. The van der Waals surface area contributed by atoms with Gasteiger partial charge in [0.1, 0.15) is 6.54 Å². The molecule has 0 unspecified atom stereocenters. The van der Waals surface area contributed by atoms with Crippen LogP contribution in [0.4, 0.5) is 0 Å². The highest BCUT2D eigenvalue weighted by Crippen LogP contribution is 1.96. The van der Waals surface area contributed by atoms with E-state index in [0.717, 1.165) is 22.9 Å². The molecule has 10 heavy (non-hydrogen) atoms. The summed E-state index contributed by atoms with van der Waals surface area (Å²) in [6.07, 6.45) is 5.16. The molecule has 0 aliphatic carbocycles. The SMILES string of the molecule is C#CC[N+](C)(C)CCBr.[Br-]. The first-order valence-electron chi connectivity index (χ1n) is 2.94. The van der Waals surface area contributed by atoms with Crippen LogP contribution in [0.5, 0.6) is 0 Å². The quantitative estimate of drug-likeness (QED) is 0.319. The maximum absolute atomic E-state index is 5.16. The van der Waals surface area contributed by atoms with E-state index in [0.29, 0.717) is 0 Å². The first-order valence-corrected chi connectivity index (χ1v) is 4.06. The number of quaternary nitrogens is 1. The van der Waals surface area contributed by atoms with Crippen LogP contribution in [0.1, 0.15) is 0 Å². The van der Waals surface area contributed by atoms with Gasteiger partial charge in [0.05, 0.1) is 26.0 Å². The second-order valence-corrected chi connectivity index (χ2v) is 3.50. The van der Waals surface area contributed by atoms with Crippen molar-refractivity contribution in [1.82, 2.24) is 0 Å². The third kappa shape index (κ3) is 6.60. The van der Waals surface area contributed by atoms with E-state index in [1.165, 1.54) is 0 Å². The summed E-state index contributed by atoms with van der Waals surface area (Å²) in [4.78, 5) is 0.